The molecule has 0 aliphatic carbocycles. The highest BCUT2D eigenvalue weighted by atomic mass is 16.5. The average molecular weight is 339 g/mol. The lowest BCUT2D eigenvalue weighted by Crippen LogP contribution is -2.23. The Bertz CT molecular complexity index is 888. The maximum absolute atomic E-state index is 12.4. The first-order chi connectivity index (χ1) is 12.1. The first-order valence-corrected chi connectivity index (χ1v) is 8.15. The summed E-state index contributed by atoms with van der Waals surface area (Å²) in [4.78, 5) is 25.2. The number of imidazole rings is 1. The minimum Gasteiger partial charge on any atom is -0.481 e. The van der Waals surface area contributed by atoms with Crippen LogP contribution in [0.3, 0.4) is 0 Å². The van der Waals surface area contributed by atoms with E-state index in [9.17, 15) is 4.79 Å². The smallest absolute Gasteiger partial charge is 0.253 e. The summed E-state index contributed by atoms with van der Waals surface area (Å²) >= 11 is 0. The summed E-state index contributed by atoms with van der Waals surface area (Å²) in [5, 5.41) is 2.87. The van der Waals surface area contributed by atoms with Gasteiger partial charge in [0.25, 0.3) is 5.91 Å². The zero-order valence-corrected chi connectivity index (χ0v) is 14.6. The van der Waals surface area contributed by atoms with Crippen LogP contribution in [0.2, 0.25) is 0 Å². The number of amides is 1. The molecule has 1 N–H and O–H groups in total. The topological polar surface area (TPSA) is 81.9 Å². The summed E-state index contributed by atoms with van der Waals surface area (Å²) in [5.41, 5.74) is 2.92. The van der Waals surface area contributed by atoms with Gasteiger partial charge in [0.15, 0.2) is 5.65 Å². The van der Waals surface area contributed by atoms with E-state index < -0.39 is 0 Å². The van der Waals surface area contributed by atoms with Gasteiger partial charge in [-0.1, -0.05) is 13.8 Å². The van der Waals surface area contributed by atoms with E-state index in [2.05, 4.69) is 34.1 Å². The van der Waals surface area contributed by atoms with Crippen molar-refractivity contribution >= 4 is 17.1 Å². The maximum Gasteiger partial charge on any atom is 0.253 e. The number of rotatable bonds is 6. The Morgan fingerprint density at radius 2 is 2.12 bits per heavy atom. The standard InChI is InChI=1S/C18H21N5O2/c1-12(2)10-23-11-22-15-7-14(9-20-17(15)23)18(24)21-8-13-4-5-19-16(6-13)25-3/h4-7,9,11-12H,8,10H2,1-3H3,(H,21,24). The molecule has 0 aliphatic rings. The van der Waals surface area contributed by atoms with Crippen molar-refractivity contribution in [3.63, 3.8) is 0 Å². The molecule has 7 nitrogen and oxygen atoms in total. The molecule has 0 aliphatic heterocycles. The van der Waals surface area contributed by atoms with Crippen LogP contribution in [0.5, 0.6) is 5.88 Å². The number of hydrogen-bond acceptors (Lipinski definition) is 5. The number of carbonyl (C=O) groups excluding carboxylic acids is 1. The minimum absolute atomic E-state index is 0.191. The zero-order chi connectivity index (χ0) is 17.8. The number of methoxy groups -OCH3 is 1. The van der Waals surface area contributed by atoms with Gasteiger partial charge in [-0.05, 0) is 23.6 Å². The Hall–Kier alpha value is -2.96. The van der Waals surface area contributed by atoms with Crippen LogP contribution in [0.4, 0.5) is 0 Å². The summed E-state index contributed by atoms with van der Waals surface area (Å²) in [7, 11) is 1.56. The number of fused-ring (bicyclic) bond motifs is 1. The van der Waals surface area contributed by atoms with Gasteiger partial charge in [-0.15, -0.1) is 0 Å². The molecule has 3 rings (SSSR count). The Morgan fingerprint density at radius 1 is 1.28 bits per heavy atom. The van der Waals surface area contributed by atoms with Gasteiger partial charge in [-0.3, -0.25) is 4.79 Å². The molecule has 3 aromatic heterocycles. The molecule has 3 aromatic rings. The summed E-state index contributed by atoms with van der Waals surface area (Å²) in [6.45, 7) is 5.51. The molecule has 0 radical (unpaired) electrons. The second kappa shape index (κ2) is 7.29. The third-order valence-corrected chi connectivity index (χ3v) is 3.74. The van der Waals surface area contributed by atoms with Crippen LogP contribution in [0, 0.1) is 5.92 Å². The van der Waals surface area contributed by atoms with Gasteiger partial charge in [-0.25, -0.2) is 15.0 Å². The molecule has 1 amide bonds. The SMILES string of the molecule is COc1cc(CNC(=O)c2cnc3c(c2)ncn3CC(C)C)ccn1. The molecule has 130 valence electrons. The quantitative estimate of drug-likeness (QED) is 0.746. The Morgan fingerprint density at radius 3 is 2.88 bits per heavy atom. The van der Waals surface area contributed by atoms with Gasteiger partial charge in [0.05, 0.1) is 19.0 Å². The second-order valence-electron chi connectivity index (χ2n) is 6.25. The Kier molecular flexibility index (Phi) is 4.92. The number of nitrogens with zero attached hydrogens (tertiary/aromatic N) is 4. The van der Waals surface area contributed by atoms with Gasteiger partial charge in [0, 0.05) is 31.5 Å². The van der Waals surface area contributed by atoms with Crippen LogP contribution < -0.4 is 10.1 Å². The Labute approximate surface area is 146 Å². The van der Waals surface area contributed by atoms with Crippen molar-refractivity contribution in [1.82, 2.24) is 24.8 Å². The van der Waals surface area contributed by atoms with E-state index in [0.717, 1.165) is 23.3 Å². The van der Waals surface area contributed by atoms with E-state index >= 15 is 0 Å². The summed E-state index contributed by atoms with van der Waals surface area (Å²) < 4.78 is 7.08. The van der Waals surface area contributed by atoms with Crippen LogP contribution in [0.1, 0.15) is 29.8 Å². The molecule has 0 atom stereocenters. The van der Waals surface area contributed by atoms with Gasteiger partial charge in [-0.2, -0.15) is 0 Å². The number of ether oxygens (including phenoxy) is 1. The minimum atomic E-state index is -0.191. The van der Waals surface area contributed by atoms with E-state index in [4.69, 9.17) is 4.74 Å². The Balaban J connectivity index is 1.71. The van der Waals surface area contributed by atoms with Gasteiger partial charge in [0.2, 0.25) is 5.88 Å². The van der Waals surface area contributed by atoms with Crippen molar-refractivity contribution in [2.75, 3.05) is 7.11 Å². The first kappa shape index (κ1) is 16.9. The van der Waals surface area contributed by atoms with E-state index in [0.29, 0.717) is 23.9 Å². The fourth-order valence-corrected chi connectivity index (χ4v) is 2.56. The van der Waals surface area contributed by atoms with E-state index in [1.54, 1.807) is 38.0 Å². The molecule has 0 spiro atoms. The number of aromatic nitrogens is 4. The molecule has 0 aromatic carbocycles. The van der Waals surface area contributed by atoms with Crippen LogP contribution in [-0.2, 0) is 13.1 Å². The fourth-order valence-electron chi connectivity index (χ4n) is 2.56. The van der Waals surface area contributed by atoms with Crippen molar-refractivity contribution in [3.8, 4) is 5.88 Å². The normalized spacial score (nSPS) is 11.0. The number of pyridine rings is 2. The molecular formula is C18H21N5O2. The van der Waals surface area contributed by atoms with E-state index in [1.165, 1.54) is 0 Å². The second-order valence-corrected chi connectivity index (χ2v) is 6.25. The van der Waals surface area contributed by atoms with E-state index in [-0.39, 0.29) is 5.91 Å². The zero-order valence-electron chi connectivity index (χ0n) is 14.6. The lowest BCUT2D eigenvalue weighted by atomic mass is 10.2. The van der Waals surface area contributed by atoms with Crippen LogP contribution >= 0.6 is 0 Å². The van der Waals surface area contributed by atoms with Crippen LogP contribution in [0.15, 0.2) is 36.9 Å². The molecule has 25 heavy (non-hydrogen) atoms. The third kappa shape index (κ3) is 3.93. The van der Waals surface area contributed by atoms with E-state index in [1.807, 2.05) is 10.6 Å². The summed E-state index contributed by atoms with van der Waals surface area (Å²) in [6, 6.07) is 5.38. The number of carbonyl (C=O) groups is 1. The first-order valence-electron chi connectivity index (χ1n) is 8.15. The molecular weight excluding hydrogens is 318 g/mol. The molecule has 0 bridgehead atoms. The molecule has 0 saturated heterocycles. The highest BCUT2D eigenvalue weighted by molar-refractivity contribution is 5.96. The molecule has 7 heteroatoms. The lowest BCUT2D eigenvalue weighted by Gasteiger charge is -2.08. The lowest BCUT2D eigenvalue weighted by molar-refractivity contribution is 0.0950. The van der Waals surface area contributed by atoms with Crippen molar-refractivity contribution in [1.29, 1.82) is 0 Å². The van der Waals surface area contributed by atoms with Gasteiger partial charge in [0.1, 0.15) is 5.52 Å². The largest absolute Gasteiger partial charge is 0.481 e. The summed E-state index contributed by atoms with van der Waals surface area (Å²) in [5.74, 6) is 0.827. The number of hydrogen-bond donors (Lipinski definition) is 1. The number of nitrogens with one attached hydrogen (secondary N) is 1. The van der Waals surface area contributed by atoms with Crippen molar-refractivity contribution in [2.45, 2.75) is 26.9 Å². The molecule has 0 unspecified atom stereocenters. The van der Waals surface area contributed by atoms with Crippen molar-refractivity contribution in [2.24, 2.45) is 5.92 Å². The predicted molar refractivity (Wildman–Crippen MR) is 94.3 cm³/mol. The maximum atomic E-state index is 12.4. The molecule has 3 heterocycles. The van der Waals surface area contributed by atoms with Gasteiger partial charge >= 0.3 is 0 Å². The third-order valence-electron chi connectivity index (χ3n) is 3.74. The van der Waals surface area contributed by atoms with Crippen molar-refractivity contribution < 1.29 is 9.53 Å². The molecule has 0 saturated carbocycles. The summed E-state index contributed by atoms with van der Waals surface area (Å²) in [6.07, 6.45) is 5.00. The van der Waals surface area contributed by atoms with Gasteiger partial charge < -0.3 is 14.6 Å². The monoisotopic (exact) mass is 339 g/mol. The van der Waals surface area contributed by atoms with Crippen molar-refractivity contribution in [3.05, 3.63) is 48.0 Å². The highest BCUT2D eigenvalue weighted by Gasteiger charge is 2.11. The van der Waals surface area contributed by atoms with Crippen LogP contribution in [-0.4, -0.2) is 32.5 Å². The molecule has 0 fully saturated rings. The highest BCUT2D eigenvalue weighted by Crippen LogP contribution is 2.14. The van der Waals surface area contributed by atoms with Crippen LogP contribution in [0.25, 0.3) is 11.2 Å². The predicted octanol–water partition coefficient (Wildman–Crippen LogP) is 2.42. The average Bonchev–Trinajstić information content (AvgIpc) is 3.01. The fraction of sp³-hybridized carbons (Fsp3) is 0.333.